The highest BCUT2D eigenvalue weighted by Gasteiger charge is 2.62. The third kappa shape index (κ3) is 0.516. The van der Waals surface area contributed by atoms with Crippen LogP contribution in [0.15, 0.2) is 0 Å². The number of fused-ring (bicyclic) bond motifs is 2. The van der Waals surface area contributed by atoms with Gasteiger partial charge >= 0.3 is 0 Å². The number of rotatable bonds is 0. The van der Waals surface area contributed by atoms with Gasteiger partial charge in [0, 0.05) is 0 Å². The van der Waals surface area contributed by atoms with E-state index in [-0.39, 0.29) is 5.60 Å². The van der Waals surface area contributed by atoms with E-state index < -0.39 is 0 Å². The van der Waals surface area contributed by atoms with Crippen molar-refractivity contribution in [3.63, 3.8) is 0 Å². The summed E-state index contributed by atoms with van der Waals surface area (Å²) in [7, 11) is 0. The van der Waals surface area contributed by atoms with Gasteiger partial charge in [-0.2, -0.15) is 0 Å². The fraction of sp³-hybridized carbons (Fsp3) is 1.00. The molecule has 0 radical (unpaired) electrons. The highest BCUT2D eigenvalue weighted by atomic mass is 16.7. The number of ether oxygens (including phenoxy) is 3. The zero-order chi connectivity index (χ0) is 6.60. The SMILES string of the molecule is C1OCC2(CCC3OC32)O1. The fourth-order valence-corrected chi connectivity index (χ4v) is 2.08. The molecule has 56 valence electrons. The van der Waals surface area contributed by atoms with Gasteiger partial charge in [0.15, 0.2) is 0 Å². The lowest BCUT2D eigenvalue weighted by atomic mass is 10.0. The van der Waals surface area contributed by atoms with E-state index >= 15 is 0 Å². The quantitative estimate of drug-likeness (QED) is 0.455. The molecule has 1 saturated carbocycles. The molecule has 2 saturated heterocycles. The van der Waals surface area contributed by atoms with Gasteiger partial charge < -0.3 is 14.2 Å². The summed E-state index contributed by atoms with van der Waals surface area (Å²) in [6, 6.07) is 0. The van der Waals surface area contributed by atoms with Gasteiger partial charge in [-0.1, -0.05) is 0 Å². The van der Waals surface area contributed by atoms with Crippen LogP contribution in [-0.2, 0) is 14.2 Å². The van der Waals surface area contributed by atoms with Crippen molar-refractivity contribution in [2.24, 2.45) is 0 Å². The van der Waals surface area contributed by atoms with E-state index in [2.05, 4.69) is 0 Å². The first kappa shape index (κ1) is 5.52. The van der Waals surface area contributed by atoms with Crippen LogP contribution in [0, 0.1) is 0 Å². The van der Waals surface area contributed by atoms with Gasteiger partial charge in [0.1, 0.15) is 18.5 Å². The molecule has 3 fully saturated rings. The van der Waals surface area contributed by atoms with Crippen molar-refractivity contribution < 1.29 is 14.2 Å². The Labute approximate surface area is 59.3 Å². The molecular formula is C7H10O3. The standard InChI is InChI=1S/C7H10O3/c1-2-7(3-8-4-9-7)6-5(1)10-6/h5-6H,1-4H2. The summed E-state index contributed by atoms with van der Waals surface area (Å²) in [5.74, 6) is 0. The second-order valence-electron chi connectivity index (χ2n) is 3.31. The molecule has 0 aromatic carbocycles. The van der Waals surface area contributed by atoms with Gasteiger partial charge in [-0.25, -0.2) is 0 Å². The smallest absolute Gasteiger partial charge is 0.147 e. The maximum absolute atomic E-state index is 5.51. The third-order valence-corrected chi connectivity index (χ3v) is 2.73. The molecule has 0 bridgehead atoms. The summed E-state index contributed by atoms with van der Waals surface area (Å²) < 4.78 is 16.1. The molecule has 0 aromatic rings. The van der Waals surface area contributed by atoms with Crippen molar-refractivity contribution in [1.29, 1.82) is 0 Å². The molecule has 0 aromatic heterocycles. The molecule has 2 aliphatic heterocycles. The molecule has 0 N–H and O–H groups in total. The van der Waals surface area contributed by atoms with Crippen LogP contribution >= 0.6 is 0 Å². The first-order valence-corrected chi connectivity index (χ1v) is 3.78. The molecule has 1 spiro atoms. The molecular weight excluding hydrogens is 132 g/mol. The molecule has 1 aliphatic carbocycles. The minimum absolute atomic E-state index is 0.0231. The van der Waals surface area contributed by atoms with E-state index in [1.807, 2.05) is 0 Å². The van der Waals surface area contributed by atoms with E-state index in [1.165, 1.54) is 0 Å². The van der Waals surface area contributed by atoms with Gasteiger partial charge in [-0.15, -0.1) is 0 Å². The van der Waals surface area contributed by atoms with Gasteiger partial charge in [0.25, 0.3) is 0 Å². The normalized spacial score (nSPS) is 57.6. The van der Waals surface area contributed by atoms with E-state index in [0.29, 0.717) is 19.0 Å². The van der Waals surface area contributed by atoms with Crippen molar-refractivity contribution in [2.75, 3.05) is 13.4 Å². The van der Waals surface area contributed by atoms with Crippen LogP contribution in [-0.4, -0.2) is 31.2 Å². The Bertz CT molecular complexity index is 157. The maximum atomic E-state index is 5.51. The largest absolute Gasteiger partial charge is 0.366 e. The van der Waals surface area contributed by atoms with E-state index in [1.54, 1.807) is 0 Å². The highest BCUT2D eigenvalue weighted by molar-refractivity contribution is 5.10. The molecule has 10 heavy (non-hydrogen) atoms. The maximum Gasteiger partial charge on any atom is 0.147 e. The minimum Gasteiger partial charge on any atom is -0.366 e. The Morgan fingerprint density at radius 2 is 2.40 bits per heavy atom. The summed E-state index contributed by atoms with van der Waals surface area (Å²) in [5, 5.41) is 0. The van der Waals surface area contributed by atoms with Gasteiger partial charge in [0.05, 0.1) is 12.7 Å². The van der Waals surface area contributed by atoms with E-state index in [9.17, 15) is 0 Å². The highest BCUT2D eigenvalue weighted by Crippen LogP contribution is 2.49. The molecule has 2 heterocycles. The Hall–Kier alpha value is -0.120. The lowest BCUT2D eigenvalue weighted by molar-refractivity contribution is -0.0286. The average Bonchev–Trinajstić information content (AvgIpc) is 2.49. The fourth-order valence-electron chi connectivity index (χ4n) is 2.08. The molecule has 0 amide bonds. The summed E-state index contributed by atoms with van der Waals surface area (Å²) in [4.78, 5) is 0. The molecule has 3 heteroatoms. The van der Waals surface area contributed by atoms with Crippen LogP contribution in [0.5, 0.6) is 0 Å². The molecule has 3 rings (SSSR count). The van der Waals surface area contributed by atoms with Crippen LogP contribution in [0.1, 0.15) is 12.8 Å². The van der Waals surface area contributed by atoms with Crippen LogP contribution in [0.25, 0.3) is 0 Å². The Balaban J connectivity index is 1.89. The molecule has 3 nitrogen and oxygen atoms in total. The molecule has 3 unspecified atom stereocenters. The summed E-state index contributed by atoms with van der Waals surface area (Å²) in [6.45, 7) is 1.21. The predicted molar refractivity (Wildman–Crippen MR) is 32.5 cm³/mol. The lowest BCUT2D eigenvalue weighted by Gasteiger charge is -2.19. The minimum atomic E-state index is -0.0231. The Morgan fingerprint density at radius 3 is 2.90 bits per heavy atom. The van der Waals surface area contributed by atoms with E-state index in [0.717, 1.165) is 19.4 Å². The van der Waals surface area contributed by atoms with Gasteiger partial charge in [0.2, 0.25) is 0 Å². The molecule has 3 atom stereocenters. The second kappa shape index (κ2) is 1.55. The topological polar surface area (TPSA) is 31.0 Å². The third-order valence-electron chi connectivity index (χ3n) is 2.73. The Morgan fingerprint density at radius 1 is 1.40 bits per heavy atom. The zero-order valence-electron chi connectivity index (χ0n) is 5.71. The Kier molecular flexibility index (Phi) is 0.854. The monoisotopic (exact) mass is 142 g/mol. The van der Waals surface area contributed by atoms with E-state index in [4.69, 9.17) is 14.2 Å². The van der Waals surface area contributed by atoms with Crippen molar-refractivity contribution in [2.45, 2.75) is 30.7 Å². The van der Waals surface area contributed by atoms with Crippen molar-refractivity contribution >= 4 is 0 Å². The summed E-state index contributed by atoms with van der Waals surface area (Å²) in [6.07, 6.45) is 3.16. The molecule has 3 aliphatic rings. The van der Waals surface area contributed by atoms with Gasteiger partial charge in [-0.3, -0.25) is 0 Å². The lowest BCUT2D eigenvalue weighted by Crippen LogP contribution is -2.34. The number of hydrogen-bond acceptors (Lipinski definition) is 3. The van der Waals surface area contributed by atoms with Crippen LogP contribution in [0.4, 0.5) is 0 Å². The first-order valence-electron chi connectivity index (χ1n) is 3.78. The van der Waals surface area contributed by atoms with Crippen molar-refractivity contribution in [3.05, 3.63) is 0 Å². The first-order chi connectivity index (χ1) is 4.91. The number of epoxide rings is 1. The van der Waals surface area contributed by atoms with Gasteiger partial charge in [-0.05, 0) is 12.8 Å². The zero-order valence-corrected chi connectivity index (χ0v) is 5.71. The summed E-state index contributed by atoms with van der Waals surface area (Å²) >= 11 is 0. The average molecular weight is 142 g/mol. The number of hydrogen-bond donors (Lipinski definition) is 0. The predicted octanol–water partition coefficient (Wildman–Crippen LogP) is 0.291. The summed E-state index contributed by atoms with van der Waals surface area (Å²) in [5.41, 5.74) is -0.0231. The van der Waals surface area contributed by atoms with Crippen LogP contribution < -0.4 is 0 Å². The van der Waals surface area contributed by atoms with Crippen LogP contribution in [0.3, 0.4) is 0 Å². The van der Waals surface area contributed by atoms with Crippen LogP contribution in [0.2, 0.25) is 0 Å². The second-order valence-corrected chi connectivity index (χ2v) is 3.31. The van der Waals surface area contributed by atoms with Crippen molar-refractivity contribution in [3.8, 4) is 0 Å². The van der Waals surface area contributed by atoms with Crippen molar-refractivity contribution in [1.82, 2.24) is 0 Å².